The number of nitrogens with two attached hydrogens (primary N) is 1. The van der Waals surface area contributed by atoms with Gasteiger partial charge in [-0.3, -0.25) is 19.3 Å². The Hall–Kier alpha value is -3.68. The first-order valence-corrected chi connectivity index (χ1v) is 10.2. The molecule has 0 bridgehead atoms. The van der Waals surface area contributed by atoms with E-state index in [0.717, 1.165) is 10.5 Å². The number of fused-ring (bicyclic) bond motifs is 1. The van der Waals surface area contributed by atoms with Crippen LogP contribution in [-0.2, 0) is 27.2 Å². The molecule has 5 amide bonds. The number of urea groups is 1. The Morgan fingerprint density at radius 1 is 1.03 bits per heavy atom. The zero-order valence-corrected chi connectivity index (χ0v) is 17.0. The Morgan fingerprint density at radius 3 is 2.42 bits per heavy atom. The molecular weight excluding hydrogens is 396 g/mol. The summed E-state index contributed by atoms with van der Waals surface area (Å²) in [6, 6.07) is 16.1. The lowest BCUT2D eigenvalue weighted by atomic mass is 9.78. The van der Waals surface area contributed by atoms with Crippen molar-refractivity contribution in [2.75, 3.05) is 18.0 Å². The van der Waals surface area contributed by atoms with Crippen LogP contribution in [0, 0.1) is 0 Å². The fourth-order valence-corrected chi connectivity index (χ4v) is 4.29. The summed E-state index contributed by atoms with van der Waals surface area (Å²) in [6.45, 7) is -0.331. The van der Waals surface area contributed by atoms with Gasteiger partial charge in [-0.05, 0) is 36.1 Å². The quantitative estimate of drug-likeness (QED) is 0.687. The number of carbonyl (C=O) groups is 4. The lowest BCUT2D eigenvalue weighted by Gasteiger charge is -2.32. The molecule has 2 aliphatic rings. The van der Waals surface area contributed by atoms with E-state index in [4.69, 9.17) is 5.73 Å². The number of nitrogens with one attached hydrogen (secondary N) is 1. The van der Waals surface area contributed by atoms with Crippen LogP contribution in [0.5, 0.6) is 0 Å². The molecule has 1 heterocycles. The minimum Gasteiger partial charge on any atom is -0.370 e. The maximum absolute atomic E-state index is 13.3. The van der Waals surface area contributed by atoms with E-state index in [-0.39, 0.29) is 18.9 Å². The molecule has 160 valence electrons. The SMILES string of the molecule is NC(=O)CCN(C(=O)CN1C(=O)NC2(CCc3ccccc3C2)C1=O)c1ccccc1. The summed E-state index contributed by atoms with van der Waals surface area (Å²) in [5.41, 5.74) is 7.01. The molecular formula is C23H24N4O4. The number of hydrogen-bond donors (Lipinski definition) is 2. The molecule has 1 aliphatic heterocycles. The van der Waals surface area contributed by atoms with Gasteiger partial charge in [0.05, 0.1) is 0 Å². The minimum atomic E-state index is -1.02. The van der Waals surface area contributed by atoms with Crippen LogP contribution >= 0.6 is 0 Å². The van der Waals surface area contributed by atoms with Crippen molar-refractivity contribution < 1.29 is 19.2 Å². The molecule has 8 nitrogen and oxygen atoms in total. The first-order chi connectivity index (χ1) is 14.9. The fraction of sp³-hybridized carbons (Fsp3) is 0.304. The van der Waals surface area contributed by atoms with Crippen molar-refractivity contribution >= 4 is 29.4 Å². The Bertz CT molecular complexity index is 1040. The Kier molecular flexibility index (Phi) is 5.46. The highest BCUT2D eigenvalue weighted by atomic mass is 16.2. The van der Waals surface area contributed by atoms with Gasteiger partial charge in [0, 0.05) is 25.1 Å². The monoisotopic (exact) mass is 420 g/mol. The third-order valence-corrected chi connectivity index (χ3v) is 5.92. The normalized spacial score (nSPS) is 19.8. The van der Waals surface area contributed by atoms with Crippen LogP contribution in [0.3, 0.4) is 0 Å². The molecule has 1 fully saturated rings. The van der Waals surface area contributed by atoms with E-state index < -0.39 is 29.9 Å². The lowest BCUT2D eigenvalue weighted by Crippen LogP contribution is -2.51. The number of aryl methyl sites for hydroxylation is 1. The molecule has 8 heteroatoms. The van der Waals surface area contributed by atoms with Gasteiger partial charge in [-0.25, -0.2) is 4.79 Å². The molecule has 1 aliphatic carbocycles. The second kappa shape index (κ2) is 8.22. The standard InChI is InChI=1S/C23H24N4O4/c24-19(28)11-13-26(18-8-2-1-3-9-18)20(29)15-27-21(30)23(25-22(27)31)12-10-16-6-4-5-7-17(16)14-23/h1-9H,10-15H2,(H2,24,28)(H,25,31). The number of benzene rings is 2. The van der Waals surface area contributed by atoms with Crippen LogP contribution < -0.4 is 16.0 Å². The van der Waals surface area contributed by atoms with Crippen molar-refractivity contribution in [3.8, 4) is 0 Å². The van der Waals surface area contributed by atoms with Crippen molar-refractivity contribution in [2.45, 2.75) is 31.2 Å². The average Bonchev–Trinajstić information content (AvgIpc) is 2.98. The van der Waals surface area contributed by atoms with Gasteiger partial charge in [0.2, 0.25) is 11.8 Å². The van der Waals surface area contributed by atoms with Gasteiger partial charge in [-0.15, -0.1) is 0 Å². The van der Waals surface area contributed by atoms with Gasteiger partial charge in [0.15, 0.2) is 0 Å². The highest BCUT2D eigenvalue weighted by Crippen LogP contribution is 2.33. The number of rotatable bonds is 6. The largest absolute Gasteiger partial charge is 0.370 e. The van der Waals surface area contributed by atoms with Crippen molar-refractivity contribution in [3.05, 3.63) is 65.7 Å². The summed E-state index contributed by atoms with van der Waals surface area (Å²) in [7, 11) is 0. The van der Waals surface area contributed by atoms with Crippen LogP contribution in [0.15, 0.2) is 54.6 Å². The van der Waals surface area contributed by atoms with Gasteiger partial charge in [-0.1, -0.05) is 42.5 Å². The molecule has 2 aromatic rings. The Labute approximate surface area is 180 Å². The highest BCUT2D eigenvalue weighted by Gasteiger charge is 2.52. The molecule has 2 aromatic carbocycles. The number of anilines is 1. The predicted octanol–water partition coefficient (Wildman–Crippen LogP) is 1.37. The van der Waals surface area contributed by atoms with Crippen LogP contribution in [-0.4, -0.2) is 47.3 Å². The van der Waals surface area contributed by atoms with E-state index >= 15 is 0 Å². The number of nitrogens with zero attached hydrogens (tertiary/aromatic N) is 2. The molecule has 3 N–H and O–H groups in total. The van der Waals surface area contributed by atoms with E-state index in [1.807, 2.05) is 30.3 Å². The Morgan fingerprint density at radius 2 is 1.71 bits per heavy atom. The summed E-state index contributed by atoms with van der Waals surface area (Å²) in [6.07, 6.45) is 1.55. The van der Waals surface area contributed by atoms with E-state index in [1.54, 1.807) is 24.3 Å². The summed E-state index contributed by atoms with van der Waals surface area (Å²) >= 11 is 0. The summed E-state index contributed by atoms with van der Waals surface area (Å²) in [5.74, 6) is -1.38. The lowest BCUT2D eigenvalue weighted by molar-refractivity contribution is -0.134. The second-order valence-electron chi connectivity index (χ2n) is 7.95. The number of para-hydroxylation sites is 1. The highest BCUT2D eigenvalue weighted by molar-refractivity contribution is 6.10. The fourth-order valence-electron chi connectivity index (χ4n) is 4.29. The van der Waals surface area contributed by atoms with Crippen molar-refractivity contribution in [1.29, 1.82) is 0 Å². The number of amides is 5. The molecule has 1 unspecified atom stereocenters. The van der Waals surface area contributed by atoms with Crippen molar-refractivity contribution in [2.24, 2.45) is 5.73 Å². The molecule has 1 saturated heterocycles. The van der Waals surface area contributed by atoms with Crippen LogP contribution in [0.1, 0.15) is 24.0 Å². The minimum absolute atomic E-state index is 0.0263. The molecule has 0 aromatic heterocycles. The third kappa shape index (κ3) is 4.01. The smallest absolute Gasteiger partial charge is 0.325 e. The number of hydrogen-bond acceptors (Lipinski definition) is 4. The maximum Gasteiger partial charge on any atom is 0.325 e. The molecule has 1 atom stereocenters. The topological polar surface area (TPSA) is 113 Å². The zero-order valence-electron chi connectivity index (χ0n) is 17.0. The maximum atomic E-state index is 13.3. The first-order valence-electron chi connectivity index (χ1n) is 10.2. The van der Waals surface area contributed by atoms with E-state index in [0.29, 0.717) is 24.9 Å². The number of primary amides is 1. The van der Waals surface area contributed by atoms with Crippen molar-refractivity contribution in [3.63, 3.8) is 0 Å². The van der Waals surface area contributed by atoms with Gasteiger partial charge in [0.25, 0.3) is 5.91 Å². The van der Waals surface area contributed by atoms with E-state index in [1.165, 1.54) is 10.5 Å². The molecule has 0 radical (unpaired) electrons. The van der Waals surface area contributed by atoms with Crippen molar-refractivity contribution in [1.82, 2.24) is 10.2 Å². The van der Waals surface area contributed by atoms with E-state index in [9.17, 15) is 19.2 Å². The molecule has 4 rings (SSSR count). The molecule has 31 heavy (non-hydrogen) atoms. The summed E-state index contributed by atoms with van der Waals surface area (Å²) in [4.78, 5) is 52.6. The van der Waals surface area contributed by atoms with E-state index in [2.05, 4.69) is 5.32 Å². The van der Waals surface area contributed by atoms with Crippen LogP contribution in [0.25, 0.3) is 0 Å². The average molecular weight is 420 g/mol. The molecule has 0 saturated carbocycles. The molecule has 1 spiro atoms. The number of carbonyl (C=O) groups excluding carboxylic acids is 4. The van der Waals surface area contributed by atoms with Crippen LogP contribution in [0.4, 0.5) is 10.5 Å². The zero-order chi connectivity index (χ0) is 22.0. The third-order valence-electron chi connectivity index (χ3n) is 5.92. The second-order valence-corrected chi connectivity index (χ2v) is 7.95. The Balaban J connectivity index is 1.53. The summed E-state index contributed by atoms with van der Waals surface area (Å²) in [5, 5.41) is 2.84. The van der Waals surface area contributed by atoms with Gasteiger partial charge in [-0.2, -0.15) is 0 Å². The first kappa shape index (κ1) is 20.6. The number of imide groups is 1. The van der Waals surface area contributed by atoms with Gasteiger partial charge < -0.3 is 16.0 Å². The van der Waals surface area contributed by atoms with Gasteiger partial charge >= 0.3 is 6.03 Å². The summed E-state index contributed by atoms with van der Waals surface area (Å²) < 4.78 is 0. The van der Waals surface area contributed by atoms with Crippen LogP contribution in [0.2, 0.25) is 0 Å². The van der Waals surface area contributed by atoms with Gasteiger partial charge in [0.1, 0.15) is 12.1 Å². The predicted molar refractivity (Wildman–Crippen MR) is 114 cm³/mol.